The lowest BCUT2D eigenvalue weighted by Gasteiger charge is -2.25. The molecule has 0 fully saturated rings. The van der Waals surface area contributed by atoms with E-state index < -0.39 is 6.10 Å². The molecule has 0 heterocycles. The largest absolute Gasteiger partial charge is 0.394 e. The number of ether oxygens (including phenoxy) is 1. The van der Waals surface area contributed by atoms with Crippen molar-refractivity contribution in [3.63, 3.8) is 0 Å². The lowest BCUT2D eigenvalue weighted by Crippen LogP contribution is -2.36. The van der Waals surface area contributed by atoms with Crippen molar-refractivity contribution < 1.29 is 14.9 Å². The van der Waals surface area contributed by atoms with Crippen LogP contribution in [0.2, 0.25) is 0 Å². The molecule has 0 aliphatic heterocycles. The number of hydrogen-bond donors (Lipinski definition) is 2. The van der Waals surface area contributed by atoms with E-state index in [9.17, 15) is 5.11 Å². The molecule has 0 rings (SSSR count). The van der Waals surface area contributed by atoms with Crippen molar-refractivity contribution in [2.24, 2.45) is 5.92 Å². The van der Waals surface area contributed by atoms with Gasteiger partial charge in [-0.2, -0.15) is 0 Å². The van der Waals surface area contributed by atoms with Gasteiger partial charge in [-0.25, -0.2) is 0 Å². The van der Waals surface area contributed by atoms with Gasteiger partial charge in [0.15, 0.2) is 0 Å². The van der Waals surface area contributed by atoms with Gasteiger partial charge in [0.25, 0.3) is 0 Å². The van der Waals surface area contributed by atoms with Gasteiger partial charge in [-0.05, 0) is 12.3 Å². The fourth-order valence-corrected chi connectivity index (χ4v) is 1.11. The van der Waals surface area contributed by atoms with Gasteiger partial charge < -0.3 is 14.9 Å². The molecule has 0 bridgehead atoms. The van der Waals surface area contributed by atoms with Crippen molar-refractivity contribution in [3.05, 3.63) is 0 Å². The summed E-state index contributed by atoms with van der Waals surface area (Å²) in [6.07, 6.45) is -0.0621. The first-order valence-electron chi connectivity index (χ1n) is 4.54. The second-order valence-corrected chi connectivity index (χ2v) is 3.33. The van der Waals surface area contributed by atoms with Crippen molar-refractivity contribution >= 4 is 0 Å². The molecule has 2 atom stereocenters. The Kier molecular flexibility index (Phi) is 6.34. The van der Waals surface area contributed by atoms with E-state index in [0.29, 0.717) is 6.61 Å². The van der Waals surface area contributed by atoms with Crippen LogP contribution in [0, 0.1) is 5.92 Å². The highest BCUT2D eigenvalue weighted by Gasteiger charge is 2.21. The van der Waals surface area contributed by atoms with E-state index in [2.05, 4.69) is 0 Å². The Morgan fingerprint density at radius 2 is 1.92 bits per heavy atom. The van der Waals surface area contributed by atoms with Crippen LogP contribution in [0.15, 0.2) is 0 Å². The number of hydrogen-bond acceptors (Lipinski definition) is 3. The van der Waals surface area contributed by atoms with Gasteiger partial charge in [-0.3, -0.25) is 0 Å². The monoisotopic (exact) mass is 176 g/mol. The first-order valence-corrected chi connectivity index (χ1v) is 4.54. The predicted octanol–water partition coefficient (Wildman–Crippen LogP) is 0.791. The van der Waals surface area contributed by atoms with Gasteiger partial charge in [-0.1, -0.05) is 20.8 Å². The molecule has 0 aromatic heterocycles. The number of rotatable bonds is 6. The summed E-state index contributed by atoms with van der Waals surface area (Å²) in [6.45, 7) is 6.37. The zero-order chi connectivity index (χ0) is 9.56. The van der Waals surface area contributed by atoms with Crippen LogP contribution in [0.1, 0.15) is 27.2 Å². The van der Waals surface area contributed by atoms with Gasteiger partial charge in [0.05, 0.1) is 12.7 Å². The van der Waals surface area contributed by atoms with Gasteiger partial charge in [-0.15, -0.1) is 0 Å². The molecular formula is C9H20O3. The van der Waals surface area contributed by atoms with Crippen molar-refractivity contribution in [2.45, 2.75) is 39.4 Å². The lowest BCUT2D eigenvalue weighted by molar-refractivity contribution is -0.0785. The summed E-state index contributed by atoms with van der Waals surface area (Å²) in [4.78, 5) is 0. The van der Waals surface area contributed by atoms with Crippen LogP contribution in [0.5, 0.6) is 0 Å². The van der Waals surface area contributed by atoms with Crippen molar-refractivity contribution in [2.75, 3.05) is 13.2 Å². The summed E-state index contributed by atoms with van der Waals surface area (Å²) in [5, 5.41) is 18.1. The number of aliphatic hydroxyl groups excluding tert-OH is 2. The molecule has 0 saturated heterocycles. The third-order valence-electron chi connectivity index (χ3n) is 1.74. The van der Waals surface area contributed by atoms with Crippen LogP contribution >= 0.6 is 0 Å². The molecule has 0 aromatic rings. The van der Waals surface area contributed by atoms with E-state index in [1.54, 1.807) is 0 Å². The van der Waals surface area contributed by atoms with Crippen LogP contribution in [-0.4, -0.2) is 35.6 Å². The summed E-state index contributed by atoms with van der Waals surface area (Å²) in [5.41, 5.74) is 0. The van der Waals surface area contributed by atoms with E-state index in [0.717, 1.165) is 6.42 Å². The molecule has 0 spiro atoms. The minimum Gasteiger partial charge on any atom is -0.394 e. The molecule has 0 radical (unpaired) electrons. The van der Waals surface area contributed by atoms with E-state index >= 15 is 0 Å². The highest BCUT2D eigenvalue weighted by Crippen LogP contribution is 2.11. The zero-order valence-corrected chi connectivity index (χ0v) is 8.16. The fourth-order valence-electron chi connectivity index (χ4n) is 1.11. The predicted molar refractivity (Wildman–Crippen MR) is 48.0 cm³/mol. The van der Waals surface area contributed by atoms with Gasteiger partial charge in [0.1, 0.15) is 6.10 Å². The minimum absolute atomic E-state index is 0.230. The quantitative estimate of drug-likeness (QED) is 0.629. The summed E-state index contributed by atoms with van der Waals surface area (Å²) in [6, 6.07) is 0. The number of aliphatic hydroxyl groups is 2. The van der Waals surface area contributed by atoms with E-state index in [4.69, 9.17) is 9.84 Å². The molecule has 0 unspecified atom stereocenters. The Hall–Kier alpha value is -0.120. The smallest absolute Gasteiger partial charge is 0.103 e. The highest BCUT2D eigenvalue weighted by molar-refractivity contribution is 4.71. The topological polar surface area (TPSA) is 49.7 Å². The van der Waals surface area contributed by atoms with Gasteiger partial charge >= 0.3 is 0 Å². The van der Waals surface area contributed by atoms with E-state index in [1.807, 2.05) is 20.8 Å². The van der Waals surface area contributed by atoms with E-state index in [-0.39, 0.29) is 18.6 Å². The summed E-state index contributed by atoms with van der Waals surface area (Å²) in [5.74, 6) is 0.235. The molecule has 0 amide bonds. The molecule has 12 heavy (non-hydrogen) atoms. The second kappa shape index (κ2) is 6.40. The fraction of sp³-hybridized carbons (Fsp3) is 1.00. The van der Waals surface area contributed by atoms with Crippen LogP contribution in [0.25, 0.3) is 0 Å². The molecule has 3 heteroatoms. The highest BCUT2D eigenvalue weighted by atomic mass is 16.5. The van der Waals surface area contributed by atoms with Crippen molar-refractivity contribution in [1.82, 2.24) is 0 Å². The average Bonchev–Trinajstić information content (AvgIpc) is 2.04. The third kappa shape index (κ3) is 4.04. The Morgan fingerprint density at radius 1 is 1.33 bits per heavy atom. The third-order valence-corrected chi connectivity index (χ3v) is 1.74. The molecule has 0 aromatic carbocycles. The maximum absolute atomic E-state index is 9.34. The van der Waals surface area contributed by atoms with Gasteiger partial charge in [0, 0.05) is 6.61 Å². The summed E-state index contributed by atoms with van der Waals surface area (Å²) >= 11 is 0. The van der Waals surface area contributed by atoms with Crippen molar-refractivity contribution in [1.29, 1.82) is 0 Å². The normalized spacial score (nSPS) is 16.5. The second-order valence-electron chi connectivity index (χ2n) is 3.33. The average molecular weight is 176 g/mol. The minimum atomic E-state index is -0.753. The Bertz CT molecular complexity index is 104. The van der Waals surface area contributed by atoms with Gasteiger partial charge in [0.2, 0.25) is 0 Å². The first-order chi connectivity index (χ1) is 5.63. The maximum Gasteiger partial charge on any atom is 0.103 e. The molecule has 0 saturated carbocycles. The SMILES string of the molecule is CCCO[C@@H](C(C)C)[C@@H](O)CO. The first kappa shape index (κ1) is 11.9. The molecule has 2 N–H and O–H groups in total. The van der Waals surface area contributed by atoms with E-state index in [1.165, 1.54) is 0 Å². The van der Waals surface area contributed by atoms with Crippen LogP contribution in [0.4, 0.5) is 0 Å². The van der Waals surface area contributed by atoms with Crippen LogP contribution in [0.3, 0.4) is 0 Å². The molecule has 3 nitrogen and oxygen atoms in total. The van der Waals surface area contributed by atoms with Crippen molar-refractivity contribution in [3.8, 4) is 0 Å². The zero-order valence-electron chi connectivity index (χ0n) is 8.16. The Morgan fingerprint density at radius 3 is 2.25 bits per heavy atom. The Labute approximate surface area is 74.4 Å². The Balaban J connectivity index is 3.85. The molecule has 0 aliphatic rings. The molecule has 74 valence electrons. The summed E-state index contributed by atoms with van der Waals surface area (Å²) in [7, 11) is 0. The summed E-state index contributed by atoms with van der Waals surface area (Å²) < 4.78 is 5.40. The molecular weight excluding hydrogens is 156 g/mol. The standard InChI is InChI=1S/C9H20O3/c1-4-5-12-9(7(2)3)8(11)6-10/h7-11H,4-6H2,1-3H3/t8-,9-/m0/s1. The maximum atomic E-state index is 9.34. The van der Waals surface area contributed by atoms with Crippen LogP contribution in [-0.2, 0) is 4.74 Å². The molecule has 0 aliphatic carbocycles. The van der Waals surface area contributed by atoms with Crippen LogP contribution < -0.4 is 0 Å². The lowest BCUT2D eigenvalue weighted by atomic mass is 10.0.